The maximum absolute atomic E-state index is 13.8. The zero-order valence-corrected chi connectivity index (χ0v) is 22.3. The summed E-state index contributed by atoms with van der Waals surface area (Å²) < 4.78 is 95.5. The average Bonchev–Trinajstić information content (AvgIpc) is 3.23. The van der Waals surface area contributed by atoms with E-state index in [0.29, 0.717) is 36.5 Å². The van der Waals surface area contributed by atoms with Crippen molar-refractivity contribution in [2.75, 3.05) is 34.4 Å². The minimum absolute atomic E-state index is 0.127. The highest BCUT2D eigenvalue weighted by Crippen LogP contribution is 2.49. The fourth-order valence-electron chi connectivity index (χ4n) is 5.60. The Balaban J connectivity index is 0.000000587. The predicted octanol–water partition coefficient (Wildman–Crippen LogP) is 5.28. The van der Waals surface area contributed by atoms with Gasteiger partial charge in [-0.1, -0.05) is 6.07 Å². The van der Waals surface area contributed by atoms with Gasteiger partial charge < -0.3 is 24.8 Å². The number of amides is 1. The molecule has 226 valence electrons. The summed E-state index contributed by atoms with van der Waals surface area (Å²) in [6.45, 7) is 1.69. The number of likely N-dealkylation sites (tertiary alicyclic amines) is 1. The van der Waals surface area contributed by atoms with Crippen LogP contribution in [0.2, 0.25) is 0 Å². The molecule has 2 aliphatic rings. The number of carbonyl (C=O) groups is 2. The topological polar surface area (TPSA) is 88.1 Å². The third kappa shape index (κ3) is 7.40. The first-order chi connectivity index (χ1) is 19.0. The number of methoxy groups -OCH3 is 2. The van der Waals surface area contributed by atoms with E-state index < -0.39 is 35.6 Å². The van der Waals surface area contributed by atoms with E-state index in [1.54, 1.807) is 14.2 Å². The molecule has 4 rings (SSSR count). The number of nitrogens with zero attached hydrogens (tertiary/aromatic N) is 1. The minimum Gasteiger partial charge on any atom is -0.493 e. The molecule has 1 aliphatic heterocycles. The maximum Gasteiger partial charge on any atom is 0.490 e. The number of alkyl halides is 6. The fraction of sp³-hybridized carbons (Fsp3) is 0.481. The van der Waals surface area contributed by atoms with E-state index in [1.165, 1.54) is 0 Å². The lowest BCUT2D eigenvalue weighted by atomic mass is 9.63. The Morgan fingerprint density at radius 2 is 1.66 bits per heavy atom. The molecular formula is C27H29F7N2O5. The molecular weight excluding hydrogens is 565 g/mol. The predicted molar refractivity (Wildman–Crippen MR) is 132 cm³/mol. The molecule has 0 bridgehead atoms. The molecule has 1 heterocycles. The zero-order valence-electron chi connectivity index (χ0n) is 22.3. The van der Waals surface area contributed by atoms with Crippen molar-refractivity contribution in [3.63, 3.8) is 0 Å². The number of halogens is 7. The number of fused-ring (bicyclic) bond motifs is 1. The lowest BCUT2D eigenvalue weighted by Gasteiger charge is -2.43. The first-order valence-electron chi connectivity index (χ1n) is 12.4. The lowest BCUT2D eigenvalue weighted by molar-refractivity contribution is -0.192. The summed E-state index contributed by atoms with van der Waals surface area (Å²) in [7, 11) is 5.24. The second-order valence-electron chi connectivity index (χ2n) is 10.1. The van der Waals surface area contributed by atoms with Gasteiger partial charge in [0.25, 0.3) is 5.91 Å². The highest BCUT2D eigenvalue weighted by molar-refractivity contribution is 5.94. The number of ether oxygens (including phenoxy) is 2. The van der Waals surface area contributed by atoms with Crippen LogP contribution in [0.5, 0.6) is 11.5 Å². The number of carbonyl (C=O) groups excluding carboxylic acids is 1. The van der Waals surface area contributed by atoms with Gasteiger partial charge >= 0.3 is 18.3 Å². The molecule has 1 aliphatic carbocycles. The molecule has 14 heteroatoms. The molecule has 1 amide bonds. The van der Waals surface area contributed by atoms with Gasteiger partial charge in [-0.05, 0) is 68.1 Å². The Morgan fingerprint density at radius 1 is 1.02 bits per heavy atom. The quantitative estimate of drug-likeness (QED) is 0.459. The van der Waals surface area contributed by atoms with Crippen molar-refractivity contribution >= 4 is 11.9 Å². The van der Waals surface area contributed by atoms with Crippen LogP contribution in [0.15, 0.2) is 36.4 Å². The summed E-state index contributed by atoms with van der Waals surface area (Å²) >= 11 is 0. The van der Waals surface area contributed by atoms with Crippen molar-refractivity contribution in [3.8, 4) is 11.5 Å². The molecule has 0 aromatic heterocycles. The SMILES string of the molecule is COc1ccc(C23CCC(NC(=O)c4cc(F)cc(C(F)(F)F)c4)CC2CN(C)C3)cc1OC.O=C(O)C(F)(F)F. The van der Waals surface area contributed by atoms with Crippen LogP contribution in [0.3, 0.4) is 0 Å². The van der Waals surface area contributed by atoms with Crippen LogP contribution >= 0.6 is 0 Å². The Bertz CT molecular complexity index is 1270. The van der Waals surface area contributed by atoms with Gasteiger partial charge in [-0.25, -0.2) is 9.18 Å². The van der Waals surface area contributed by atoms with Crippen molar-refractivity contribution in [2.45, 2.75) is 43.1 Å². The molecule has 2 aromatic carbocycles. The van der Waals surface area contributed by atoms with Crippen LogP contribution in [0.4, 0.5) is 30.7 Å². The number of hydrogen-bond acceptors (Lipinski definition) is 5. The molecule has 2 N–H and O–H groups in total. The van der Waals surface area contributed by atoms with E-state index in [0.717, 1.165) is 31.1 Å². The number of hydrogen-bond donors (Lipinski definition) is 2. The van der Waals surface area contributed by atoms with E-state index in [9.17, 15) is 35.5 Å². The first-order valence-corrected chi connectivity index (χ1v) is 12.4. The molecule has 2 fully saturated rings. The van der Waals surface area contributed by atoms with Crippen LogP contribution in [-0.4, -0.2) is 68.5 Å². The Hall–Kier alpha value is -3.55. The maximum atomic E-state index is 13.8. The molecule has 0 spiro atoms. The van der Waals surface area contributed by atoms with Crippen LogP contribution in [-0.2, 0) is 16.4 Å². The molecule has 41 heavy (non-hydrogen) atoms. The molecule has 1 saturated carbocycles. The Kier molecular flexibility index (Phi) is 9.46. The Morgan fingerprint density at radius 3 is 2.22 bits per heavy atom. The summed E-state index contributed by atoms with van der Waals surface area (Å²) in [6, 6.07) is 7.67. The van der Waals surface area contributed by atoms with Crippen molar-refractivity contribution < 1.29 is 54.9 Å². The summed E-state index contributed by atoms with van der Waals surface area (Å²) in [5, 5.41) is 9.97. The third-order valence-corrected chi connectivity index (χ3v) is 7.40. The molecule has 3 atom stereocenters. The number of benzene rings is 2. The number of aliphatic carboxylic acids is 1. The van der Waals surface area contributed by atoms with Crippen molar-refractivity contribution in [3.05, 3.63) is 58.9 Å². The van der Waals surface area contributed by atoms with E-state index >= 15 is 0 Å². The van der Waals surface area contributed by atoms with Gasteiger partial charge in [0.05, 0.1) is 19.8 Å². The van der Waals surface area contributed by atoms with Gasteiger partial charge in [0.15, 0.2) is 11.5 Å². The monoisotopic (exact) mass is 594 g/mol. The van der Waals surface area contributed by atoms with Crippen molar-refractivity contribution in [1.29, 1.82) is 0 Å². The largest absolute Gasteiger partial charge is 0.493 e. The second-order valence-corrected chi connectivity index (χ2v) is 10.1. The fourth-order valence-corrected chi connectivity index (χ4v) is 5.60. The normalized spacial score (nSPS) is 22.7. The molecule has 3 unspecified atom stereocenters. The van der Waals surface area contributed by atoms with Gasteiger partial charge in [0.2, 0.25) is 0 Å². The standard InChI is InChI=1S/C25H28F4N2O3.C2HF3O2/c1-31-13-18-11-20(30-23(32)15-8-17(25(27,28)29)10-19(26)9-15)6-7-24(18,14-31)16-4-5-21(33-2)22(12-16)34-3;3-2(4,5)1(6)7/h4-5,8-10,12,18,20H,6-7,11,13-14H2,1-3H3,(H,30,32);(H,6,7). The number of rotatable bonds is 5. The molecule has 2 aromatic rings. The third-order valence-electron chi connectivity index (χ3n) is 7.40. The van der Waals surface area contributed by atoms with Crippen molar-refractivity contribution in [2.24, 2.45) is 5.92 Å². The van der Waals surface area contributed by atoms with Crippen molar-refractivity contribution in [1.82, 2.24) is 10.2 Å². The highest BCUT2D eigenvalue weighted by atomic mass is 19.4. The van der Waals surface area contributed by atoms with E-state index in [1.807, 2.05) is 12.1 Å². The van der Waals surface area contributed by atoms with Gasteiger partial charge in [0, 0.05) is 30.1 Å². The molecule has 1 saturated heterocycles. The second kappa shape index (κ2) is 12.1. The molecule has 0 radical (unpaired) electrons. The number of carboxylic acid groups (broad SMARTS) is 1. The van der Waals surface area contributed by atoms with E-state index in [2.05, 4.69) is 23.3 Å². The summed E-state index contributed by atoms with van der Waals surface area (Å²) in [5.74, 6) is -3.00. The number of carboxylic acids is 1. The van der Waals surface area contributed by atoms with Crippen LogP contribution < -0.4 is 14.8 Å². The van der Waals surface area contributed by atoms with Crippen LogP contribution in [0.25, 0.3) is 0 Å². The van der Waals surface area contributed by atoms with Crippen LogP contribution in [0.1, 0.15) is 40.7 Å². The number of likely N-dealkylation sites (N-methyl/N-ethyl adjacent to an activating group) is 1. The first kappa shape index (κ1) is 32.0. The van der Waals surface area contributed by atoms with Gasteiger partial charge in [0.1, 0.15) is 5.82 Å². The Labute approximate surface area is 231 Å². The van der Waals surface area contributed by atoms with Crippen LogP contribution in [0, 0.1) is 11.7 Å². The van der Waals surface area contributed by atoms with Gasteiger partial charge in [-0.15, -0.1) is 0 Å². The number of nitrogens with one attached hydrogen (secondary N) is 1. The van der Waals surface area contributed by atoms with Gasteiger partial charge in [-0.2, -0.15) is 26.3 Å². The van der Waals surface area contributed by atoms with E-state index in [4.69, 9.17) is 19.4 Å². The zero-order chi connectivity index (χ0) is 30.8. The minimum atomic E-state index is -5.08. The lowest BCUT2D eigenvalue weighted by Crippen LogP contribution is -2.47. The smallest absolute Gasteiger partial charge is 0.490 e. The summed E-state index contributed by atoms with van der Waals surface area (Å²) in [6.07, 6.45) is -7.69. The molecule has 7 nitrogen and oxygen atoms in total. The van der Waals surface area contributed by atoms with Gasteiger partial charge in [-0.3, -0.25) is 4.79 Å². The van der Waals surface area contributed by atoms with E-state index in [-0.39, 0.29) is 22.9 Å². The summed E-state index contributed by atoms with van der Waals surface area (Å²) in [5.41, 5.74) is -0.485. The average molecular weight is 595 g/mol. The summed E-state index contributed by atoms with van der Waals surface area (Å²) in [4.78, 5) is 23.9. The highest BCUT2D eigenvalue weighted by Gasteiger charge is 2.50.